The SMILES string of the molecule is C.O=C(Cl)c1cc(Br)ccc1Cl. The fourth-order valence-corrected chi connectivity index (χ4v) is 1.42. The molecule has 12 heavy (non-hydrogen) atoms. The Kier molecular flexibility index (Phi) is 4.83. The number of halogens is 3. The van der Waals surface area contributed by atoms with Gasteiger partial charge in [-0.3, -0.25) is 4.79 Å². The summed E-state index contributed by atoms with van der Waals surface area (Å²) >= 11 is 14.1. The van der Waals surface area contributed by atoms with Crippen molar-refractivity contribution in [2.45, 2.75) is 7.43 Å². The lowest BCUT2D eigenvalue weighted by Gasteiger charge is -1.97. The van der Waals surface area contributed by atoms with Crippen molar-refractivity contribution < 1.29 is 4.79 Å². The Balaban J connectivity index is 0.00000121. The smallest absolute Gasteiger partial charge is 0.253 e. The summed E-state index contributed by atoms with van der Waals surface area (Å²) in [6.07, 6.45) is 0. The van der Waals surface area contributed by atoms with E-state index in [4.69, 9.17) is 23.2 Å². The van der Waals surface area contributed by atoms with Crippen LogP contribution in [0.3, 0.4) is 0 Å². The van der Waals surface area contributed by atoms with Gasteiger partial charge in [0.1, 0.15) is 0 Å². The van der Waals surface area contributed by atoms with Gasteiger partial charge >= 0.3 is 0 Å². The molecule has 1 nitrogen and oxygen atoms in total. The van der Waals surface area contributed by atoms with Gasteiger partial charge in [-0.15, -0.1) is 0 Å². The highest BCUT2D eigenvalue weighted by atomic mass is 79.9. The fourth-order valence-electron chi connectivity index (χ4n) is 0.648. The van der Waals surface area contributed by atoms with Gasteiger partial charge in [0.25, 0.3) is 5.24 Å². The van der Waals surface area contributed by atoms with Crippen LogP contribution in [0.1, 0.15) is 17.8 Å². The molecule has 0 aliphatic carbocycles. The van der Waals surface area contributed by atoms with E-state index >= 15 is 0 Å². The average Bonchev–Trinajstić information content (AvgIpc) is 1.94. The van der Waals surface area contributed by atoms with E-state index in [-0.39, 0.29) is 7.43 Å². The van der Waals surface area contributed by atoms with Gasteiger partial charge < -0.3 is 0 Å². The van der Waals surface area contributed by atoms with Crippen molar-refractivity contribution >= 4 is 44.4 Å². The number of hydrogen-bond acceptors (Lipinski definition) is 1. The molecule has 1 aromatic rings. The van der Waals surface area contributed by atoms with Crippen LogP contribution in [0.5, 0.6) is 0 Å². The van der Waals surface area contributed by atoms with E-state index in [0.29, 0.717) is 10.6 Å². The molecular weight excluding hydrogens is 263 g/mol. The maximum atomic E-state index is 10.7. The van der Waals surface area contributed by atoms with E-state index in [1.807, 2.05) is 0 Å². The summed E-state index contributed by atoms with van der Waals surface area (Å²) in [6, 6.07) is 4.94. The largest absolute Gasteiger partial charge is 0.276 e. The molecule has 0 saturated carbocycles. The molecule has 0 bridgehead atoms. The van der Waals surface area contributed by atoms with Gasteiger partial charge in [0.15, 0.2) is 0 Å². The van der Waals surface area contributed by atoms with Crippen LogP contribution in [0.4, 0.5) is 0 Å². The van der Waals surface area contributed by atoms with Crippen LogP contribution in [-0.2, 0) is 0 Å². The highest BCUT2D eigenvalue weighted by Crippen LogP contribution is 2.22. The van der Waals surface area contributed by atoms with E-state index in [2.05, 4.69) is 15.9 Å². The van der Waals surface area contributed by atoms with Gasteiger partial charge in [0.2, 0.25) is 0 Å². The first kappa shape index (κ1) is 11.9. The minimum Gasteiger partial charge on any atom is -0.276 e. The zero-order valence-corrected chi connectivity index (χ0v) is 8.37. The summed E-state index contributed by atoms with van der Waals surface area (Å²) in [5.41, 5.74) is 0.322. The second-order valence-corrected chi connectivity index (χ2v) is 3.56. The van der Waals surface area contributed by atoms with Crippen LogP contribution in [0.25, 0.3) is 0 Å². The quantitative estimate of drug-likeness (QED) is 0.701. The molecule has 0 aliphatic heterocycles. The van der Waals surface area contributed by atoms with Gasteiger partial charge in [-0.1, -0.05) is 35.0 Å². The highest BCUT2D eigenvalue weighted by Gasteiger charge is 2.06. The van der Waals surface area contributed by atoms with Gasteiger partial charge in [0.05, 0.1) is 10.6 Å². The van der Waals surface area contributed by atoms with Crippen molar-refractivity contribution in [1.29, 1.82) is 0 Å². The van der Waals surface area contributed by atoms with Crippen molar-refractivity contribution in [3.63, 3.8) is 0 Å². The second kappa shape index (κ2) is 4.85. The van der Waals surface area contributed by atoms with Gasteiger partial charge in [0, 0.05) is 4.47 Å². The Labute approximate surface area is 89.8 Å². The third-order valence-electron chi connectivity index (χ3n) is 1.14. The molecule has 0 aliphatic rings. The molecule has 0 saturated heterocycles. The Morgan fingerprint density at radius 1 is 1.42 bits per heavy atom. The number of hydrogen-bond donors (Lipinski definition) is 0. The van der Waals surface area contributed by atoms with Gasteiger partial charge in [-0.05, 0) is 29.8 Å². The van der Waals surface area contributed by atoms with E-state index in [9.17, 15) is 4.79 Å². The molecule has 0 spiro atoms. The third-order valence-corrected chi connectivity index (χ3v) is 2.17. The molecule has 0 fully saturated rings. The maximum absolute atomic E-state index is 10.7. The van der Waals surface area contributed by atoms with E-state index in [1.165, 1.54) is 0 Å². The predicted octanol–water partition coefficient (Wildman–Crippen LogP) is 4.12. The van der Waals surface area contributed by atoms with Crippen molar-refractivity contribution in [2.75, 3.05) is 0 Å². The van der Waals surface area contributed by atoms with E-state index < -0.39 is 5.24 Å². The lowest BCUT2D eigenvalue weighted by molar-refractivity contribution is 0.108. The summed E-state index contributed by atoms with van der Waals surface area (Å²) in [7, 11) is 0. The van der Waals surface area contributed by atoms with E-state index in [0.717, 1.165) is 4.47 Å². The van der Waals surface area contributed by atoms with Crippen LogP contribution < -0.4 is 0 Å². The summed E-state index contributed by atoms with van der Waals surface area (Å²) in [6.45, 7) is 0. The third kappa shape index (κ3) is 2.77. The number of benzene rings is 1. The summed E-state index contributed by atoms with van der Waals surface area (Å²) in [5, 5.41) is -0.176. The zero-order chi connectivity index (χ0) is 8.43. The van der Waals surface area contributed by atoms with Crippen LogP contribution in [-0.4, -0.2) is 5.24 Å². The monoisotopic (exact) mass is 268 g/mol. The van der Waals surface area contributed by atoms with Crippen molar-refractivity contribution in [1.82, 2.24) is 0 Å². The topological polar surface area (TPSA) is 17.1 Å². The lowest BCUT2D eigenvalue weighted by Crippen LogP contribution is -1.89. The first-order valence-electron chi connectivity index (χ1n) is 2.76. The highest BCUT2D eigenvalue weighted by molar-refractivity contribution is 9.10. The average molecular weight is 270 g/mol. The van der Waals surface area contributed by atoms with Gasteiger partial charge in [-0.2, -0.15) is 0 Å². The number of rotatable bonds is 1. The zero-order valence-electron chi connectivity index (χ0n) is 5.27. The molecule has 0 heterocycles. The Morgan fingerprint density at radius 2 is 2.00 bits per heavy atom. The van der Waals surface area contributed by atoms with Gasteiger partial charge in [-0.25, -0.2) is 0 Å². The molecule has 1 rings (SSSR count). The Hall–Kier alpha value is -0.0500. The van der Waals surface area contributed by atoms with Crippen LogP contribution in [0.15, 0.2) is 22.7 Å². The normalized spacial score (nSPS) is 8.92. The standard InChI is InChI=1S/C7H3BrCl2O.CH4/c8-4-1-2-6(9)5(3-4)7(10)11;/h1-3H;1H4. The van der Waals surface area contributed by atoms with Crippen molar-refractivity contribution in [3.05, 3.63) is 33.3 Å². The molecule has 0 unspecified atom stereocenters. The fraction of sp³-hybridized carbons (Fsp3) is 0.125. The molecule has 66 valence electrons. The molecule has 1 aromatic carbocycles. The van der Waals surface area contributed by atoms with Crippen LogP contribution in [0.2, 0.25) is 5.02 Å². The summed E-state index contributed by atoms with van der Waals surface area (Å²) < 4.78 is 0.783. The molecule has 0 radical (unpaired) electrons. The minimum atomic E-state index is -0.545. The first-order valence-corrected chi connectivity index (χ1v) is 4.31. The van der Waals surface area contributed by atoms with Crippen molar-refractivity contribution in [2.24, 2.45) is 0 Å². The number of carbonyl (C=O) groups is 1. The molecule has 0 aromatic heterocycles. The van der Waals surface area contributed by atoms with E-state index in [1.54, 1.807) is 18.2 Å². The number of carbonyl (C=O) groups excluding carboxylic acids is 1. The second-order valence-electron chi connectivity index (χ2n) is 1.90. The molecule has 0 atom stereocenters. The molecule has 0 N–H and O–H groups in total. The van der Waals surface area contributed by atoms with Crippen LogP contribution >= 0.6 is 39.1 Å². The Bertz CT molecular complexity index is 299. The summed E-state index contributed by atoms with van der Waals surface area (Å²) in [5.74, 6) is 0. The van der Waals surface area contributed by atoms with Crippen molar-refractivity contribution in [3.8, 4) is 0 Å². The first-order chi connectivity index (χ1) is 5.11. The Morgan fingerprint density at radius 3 is 2.42 bits per heavy atom. The summed E-state index contributed by atoms with van der Waals surface area (Å²) in [4.78, 5) is 10.7. The van der Waals surface area contributed by atoms with Crippen LogP contribution in [0, 0.1) is 0 Å². The minimum absolute atomic E-state index is 0. The molecular formula is C8H7BrCl2O. The maximum Gasteiger partial charge on any atom is 0.253 e. The predicted molar refractivity (Wildman–Crippen MR) is 56.1 cm³/mol. The lowest BCUT2D eigenvalue weighted by atomic mass is 10.2. The molecule has 4 heteroatoms. The molecule has 0 amide bonds.